The molecule has 2 aliphatic rings. The lowest BCUT2D eigenvalue weighted by Crippen LogP contribution is -2.29. The zero-order chi connectivity index (χ0) is 25.0. The average Bonchev–Trinajstić information content (AvgIpc) is 3.51. The number of amides is 1. The number of hydrogen-bond donors (Lipinski definition) is 2. The summed E-state index contributed by atoms with van der Waals surface area (Å²) in [6, 6.07) is 3.65. The highest BCUT2D eigenvalue weighted by molar-refractivity contribution is 5.70. The van der Waals surface area contributed by atoms with Crippen LogP contribution in [0.2, 0.25) is 0 Å². The molecule has 0 bridgehead atoms. The van der Waals surface area contributed by atoms with Crippen LogP contribution in [0.5, 0.6) is 5.75 Å². The molecule has 0 spiro atoms. The molecular weight excluding hydrogens is 450 g/mol. The molecule has 0 aromatic carbocycles. The van der Waals surface area contributed by atoms with Crippen LogP contribution in [-0.4, -0.2) is 49.9 Å². The second-order valence-electron chi connectivity index (χ2n) is 9.91. The molecule has 0 aliphatic heterocycles. The number of nitrogens with zero attached hydrogens (tertiary/aromatic N) is 4. The first-order chi connectivity index (χ1) is 16.8. The van der Waals surface area contributed by atoms with Gasteiger partial charge in [0.05, 0.1) is 42.3 Å². The fourth-order valence-electron chi connectivity index (χ4n) is 4.83. The lowest BCUT2D eigenvalue weighted by Gasteiger charge is -2.27. The predicted octanol–water partition coefficient (Wildman–Crippen LogP) is 4.01. The van der Waals surface area contributed by atoms with Crippen molar-refractivity contribution < 1.29 is 24.2 Å². The molecule has 10 heteroatoms. The van der Waals surface area contributed by atoms with E-state index in [9.17, 15) is 14.7 Å². The first-order valence-corrected chi connectivity index (χ1v) is 12.5. The first kappa shape index (κ1) is 24.9. The van der Waals surface area contributed by atoms with E-state index in [4.69, 9.17) is 9.47 Å². The van der Waals surface area contributed by atoms with Gasteiger partial charge >= 0.3 is 12.1 Å². The molecule has 10 nitrogen and oxygen atoms in total. The van der Waals surface area contributed by atoms with Gasteiger partial charge in [-0.1, -0.05) is 18.6 Å². The van der Waals surface area contributed by atoms with Crippen LogP contribution in [0.3, 0.4) is 0 Å². The number of pyridine rings is 1. The molecule has 2 aromatic heterocycles. The van der Waals surface area contributed by atoms with Gasteiger partial charge in [-0.2, -0.15) is 0 Å². The topological polar surface area (TPSA) is 128 Å². The van der Waals surface area contributed by atoms with Crippen LogP contribution in [0.15, 0.2) is 12.1 Å². The third-order valence-corrected chi connectivity index (χ3v) is 7.14. The van der Waals surface area contributed by atoms with E-state index in [0.717, 1.165) is 38.5 Å². The smallest absolute Gasteiger partial charge is 0.407 e. The molecule has 0 saturated heterocycles. The zero-order valence-electron chi connectivity index (χ0n) is 20.7. The van der Waals surface area contributed by atoms with Crippen LogP contribution in [-0.2, 0) is 23.1 Å². The number of aliphatic carboxylic acids is 1. The number of carboxylic acids is 1. The number of carbonyl (C=O) groups is 2. The molecule has 2 aliphatic carbocycles. The van der Waals surface area contributed by atoms with Gasteiger partial charge in [-0.25, -0.2) is 14.5 Å². The average molecular weight is 486 g/mol. The van der Waals surface area contributed by atoms with Gasteiger partial charge in [0.2, 0.25) is 0 Å². The number of aromatic nitrogens is 4. The Balaban J connectivity index is 1.37. The van der Waals surface area contributed by atoms with E-state index >= 15 is 0 Å². The molecule has 0 radical (unpaired) electrons. The molecule has 35 heavy (non-hydrogen) atoms. The normalized spacial score (nSPS) is 20.8. The van der Waals surface area contributed by atoms with E-state index in [1.165, 1.54) is 0 Å². The van der Waals surface area contributed by atoms with E-state index in [2.05, 4.69) is 27.5 Å². The summed E-state index contributed by atoms with van der Waals surface area (Å²) in [5, 5.41) is 20.5. The molecule has 0 unspecified atom stereocenters. The van der Waals surface area contributed by atoms with E-state index in [-0.39, 0.29) is 24.0 Å². The Labute approximate surface area is 205 Å². The highest BCUT2D eigenvalue weighted by atomic mass is 16.5. The van der Waals surface area contributed by atoms with Gasteiger partial charge < -0.3 is 19.9 Å². The third kappa shape index (κ3) is 6.10. The molecule has 2 aromatic rings. The second-order valence-corrected chi connectivity index (χ2v) is 9.91. The van der Waals surface area contributed by atoms with Crippen molar-refractivity contribution in [1.82, 2.24) is 25.3 Å². The van der Waals surface area contributed by atoms with Crippen LogP contribution in [0, 0.1) is 18.3 Å². The molecule has 2 N–H and O–H groups in total. The fraction of sp³-hybridized carbons (Fsp3) is 0.640. The number of carboxylic acid groups (broad SMARTS) is 1. The van der Waals surface area contributed by atoms with Gasteiger partial charge in [-0.3, -0.25) is 4.79 Å². The Kier molecular flexibility index (Phi) is 7.57. The summed E-state index contributed by atoms with van der Waals surface area (Å²) in [6.07, 6.45) is 6.71. The second kappa shape index (κ2) is 10.6. The van der Waals surface area contributed by atoms with Crippen molar-refractivity contribution in [1.29, 1.82) is 0 Å². The lowest BCUT2D eigenvalue weighted by atomic mass is 9.87. The minimum atomic E-state index is -0.760. The fourth-order valence-corrected chi connectivity index (χ4v) is 4.83. The maximum absolute atomic E-state index is 12.3. The number of aryl methyl sites for hydroxylation is 2. The number of rotatable bonds is 10. The van der Waals surface area contributed by atoms with Crippen molar-refractivity contribution in [3.05, 3.63) is 23.5 Å². The van der Waals surface area contributed by atoms with E-state index in [0.29, 0.717) is 48.0 Å². The molecule has 1 amide bonds. The van der Waals surface area contributed by atoms with Gasteiger partial charge in [-0.05, 0) is 64.0 Å². The number of nitrogens with one attached hydrogen (secondary N) is 1. The van der Waals surface area contributed by atoms with Gasteiger partial charge in [0.1, 0.15) is 11.4 Å². The summed E-state index contributed by atoms with van der Waals surface area (Å²) >= 11 is 0. The minimum Gasteiger partial charge on any atom is -0.489 e. The summed E-state index contributed by atoms with van der Waals surface area (Å²) < 4.78 is 13.2. The molecule has 2 heterocycles. The lowest BCUT2D eigenvalue weighted by molar-refractivity contribution is -0.143. The SMILES string of the molecule is CCCC1(COC(=O)NCc2c(-c3ccc(O[C@H]4CCC[C@H](C(=O)O)C4)c(C)n3)nnn2C)CC1. The summed E-state index contributed by atoms with van der Waals surface area (Å²) in [5.41, 5.74) is 2.79. The van der Waals surface area contributed by atoms with Crippen molar-refractivity contribution in [2.45, 2.75) is 77.9 Å². The van der Waals surface area contributed by atoms with Gasteiger partial charge in [-0.15, -0.1) is 5.10 Å². The molecular formula is C25H35N5O5. The summed E-state index contributed by atoms with van der Waals surface area (Å²) in [5.74, 6) is -0.480. The maximum Gasteiger partial charge on any atom is 0.407 e. The Hall–Kier alpha value is -3.17. The molecule has 2 saturated carbocycles. The summed E-state index contributed by atoms with van der Waals surface area (Å²) in [6.45, 7) is 4.68. The molecule has 2 atom stereocenters. The summed E-state index contributed by atoms with van der Waals surface area (Å²) in [4.78, 5) is 28.3. The van der Waals surface area contributed by atoms with Crippen molar-refractivity contribution in [3.8, 4) is 17.1 Å². The Morgan fingerprint density at radius 2 is 2.09 bits per heavy atom. The molecule has 2 fully saturated rings. The van der Waals surface area contributed by atoms with E-state index in [1.807, 2.05) is 19.1 Å². The minimum absolute atomic E-state index is 0.134. The zero-order valence-corrected chi connectivity index (χ0v) is 20.7. The Morgan fingerprint density at radius 3 is 2.77 bits per heavy atom. The number of alkyl carbamates (subject to hydrolysis) is 1. The van der Waals surface area contributed by atoms with Gasteiger partial charge in [0, 0.05) is 12.5 Å². The summed E-state index contributed by atoms with van der Waals surface area (Å²) in [7, 11) is 1.77. The largest absolute Gasteiger partial charge is 0.489 e. The quantitative estimate of drug-likeness (QED) is 0.516. The van der Waals surface area contributed by atoms with Crippen LogP contribution < -0.4 is 10.1 Å². The van der Waals surface area contributed by atoms with E-state index in [1.54, 1.807) is 11.7 Å². The van der Waals surface area contributed by atoms with Crippen molar-refractivity contribution >= 4 is 12.1 Å². The maximum atomic E-state index is 12.3. The highest BCUT2D eigenvalue weighted by Crippen LogP contribution is 2.49. The molecule has 4 rings (SSSR count). The monoisotopic (exact) mass is 485 g/mol. The van der Waals surface area contributed by atoms with Gasteiger partial charge in [0.15, 0.2) is 0 Å². The van der Waals surface area contributed by atoms with Crippen molar-refractivity contribution in [3.63, 3.8) is 0 Å². The van der Waals surface area contributed by atoms with Crippen LogP contribution in [0.1, 0.15) is 69.7 Å². The number of carbonyl (C=O) groups excluding carboxylic acids is 1. The van der Waals surface area contributed by atoms with Crippen LogP contribution in [0.25, 0.3) is 11.4 Å². The Morgan fingerprint density at radius 1 is 1.29 bits per heavy atom. The predicted molar refractivity (Wildman–Crippen MR) is 128 cm³/mol. The van der Waals surface area contributed by atoms with Crippen LogP contribution >= 0.6 is 0 Å². The van der Waals surface area contributed by atoms with Crippen molar-refractivity contribution in [2.24, 2.45) is 18.4 Å². The van der Waals surface area contributed by atoms with Crippen molar-refractivity contribution in [2.75, 3.05) is 6.61 Å². The number of ether oxygens (including phenoxy) is 2. The number of hydrogen-bond acceptors (Lipinski definition) is 7. The molecule has 190 valence electrons. The Bertz CT molecular complexity index is 1060. The third-order valence-electron chi connectivity index (χ3n) is 7.14. The highest BCUT2D eigenvalue weighted by Gasteiger charge is 2.42. The first-order valence-electron chi connectivity index (χ1n) is 12.5. The van der Waals surface area contributed by atoms with E-state index < -0.39 is 12.1 Å². The standard InChI is InChI=1S/C25H35N5O5/c1-4-10-25(11-12-25)15-34-24(33)26-14-20-22(28-29-30(20)3)19-8-9-21(16(2)27-19)35-18-7-5-6-17(13-18)23(31)32/h8-9,17-18H,4-7,10-15H2,1-3H3,(H,26,33)(H,31,32)/t17-,18-/m0/s1. The van der Waals surface area contributed by atoms with Gasteiger partial charge in [0.25, 0.3) is 0 Å². The van der Waals surface area contributed by atoms with Crippen LogP contribution in [0.4, 0.5) is 4.79 Å².